The number of hydrogen-bond donors (Lipinski definition) is 1. The van der Waals surface area contributed by atoms with Crippen LogP contribution in [-0.4, -0.2) is 45.1 Å². The number of alkyl halides is 3. The second-order valence-corrected chi connectivity index (χ2v) is 12.8. The van der Waals surface area contributed by atoms with Crippen molar-refractivity contribution in [3.8, 4) is 0 Å². The zero-order valence-electron chi connectivity index (χ0n) is 16.1. The summed E-state index contributed by atoms with van der Waals surface area (Å²) in [5.74, 6) is -1.46. The first-order valence-electron chi connectivity index (χ1n) is 9.38. The van der Waals surface area contributed by atoms with E-state index in [0.29, 0.717) is 24.8 Å². The van der Waals surface area contributed by atoms with Gasteiger partial charge in [0, 0.05) is 17.3 Å². The number of carbonyl (C=O) groups excluding carboxylic acids is 2. The van der Waals surface area contributed by atoms with Gasteiger partial charge in [-0.2, -0.15) is 13.2 Å². The molecule has 0 radical (unpaired) electrons. The van der Waals surface area contributed by atoms with Crippen molar-refractivity contribution in [2.24, 2.45) is 17.8 Å². The highest BCUT2D eigenvalue weighted by molar-refractivity contribution is 14.1. The Morgan fingerprint density at radius 2 is 1.78 bits per heavy atom. The van der Waals surface area contributed by atoms with Gasteiger partial charge in [-0.05, 0) is 111 Å². The normalized spacial score (nSPS) is 25.1. The number of carbonyl (C=O) groups is 2. The predicted octanol–water partition coefficient (Wildman–Crippen LogP) is 4.05. The largest absolute Gasteiger partial charge is 0.511 e. The fourth-order valence-electron chi connectivity index (χ4n) is 4.08. The molecule has 1 N–H and O–H groups in total. The Bertz CT molecular complexity index is 1020. The van der Waals surface area contributed by atoms with Crippen LogP contribution < -0.4 is 4.72 Å². The molecule has 1 aromatic rings. The maximum absolute atomic E-state index is 12.7. The number of sulfonamides is 1. The molecule has 32 heavy (non-hydrogen) atoms. The first-order valence-corrected chi connectivity index (χ1v) is 14.1. The van der Waals surface area contributed by atoms with E-state index in [9.17, 15) is 31.2 Å². The molecule has 178 valence electrons. The molecule has 14 heteroatoms. The second-order valence-electron chi connectivity index (χ2n) is 7.54. The third-order valence-electron chi connectivity index (χ3n) is 5.51. The number of rotatable bonds is 7. The van der Waals surface area contributed by atoms with Crippen molar-refractivity contribution in [3.63, 3.8) is 0 Å². The lowest BCUT2D eigenvalue weighted by Crippen LogP contribution is -2.39. The highest BCUT2D eigenvalue weighted by atomic mass is 127. The van der Waals surface area contributed by atoms with Crippen LogP contribution in [0.1, 0.15) is 29.6 Å². The van der Waals surface area contributed by atoms with E-state index < -0.39 is 46.5 Å². The van der Waals surface area contributed by atoms with Crippen LogP contribution in [0.3, 0.4) is 0 Å². The summed E-state index contributed by atoms with van der Waals surface area (Å²) in [4.78, 5) is 25.0. The van der Waals surface area contributed by atoms with Gasteiger partial charge < -0.3 is 9.47 Å². The lowest BCUT2D eigenvalue weighted by Gasteiger charge is -2.27. The number of esters is 2. The number of ether oxygens (including phenoxy) is 2. The Balaban J connectivity index is 1.48. The molecular weight excluding hydrogens is 796 g/mol. The molecule has 0 aromatic heterocycles. The average Bonchev–Trinajstić information content (AvgIpc) is 3.27. The van der Waals surface area contributed by atoms with Crippen molar-refractivity contribution >= 4 is 89.7 Å². The molecule has 2 fully saturated rings. The third kappa shape index (κ3) is 5.99. The molecule has 0 amide bonds. The van der Waals surface area contributed by atoms with Crippen LogP contribution >= 0.6 is 67.8 Å². The van der Waals surface area contributed by atoms with E-state index >= 15 is 0 Å². The van der Waals surface area contributed by atoms with Crippen LogP contribution in [0.2, 0.25) is 0 Å². The fourth-order valence-corrected chi connectivity index (χ4v) is 6.97. The molecule has 7 nitrogen and oxygen atoms in total. The molecule has 2 aliphatic carbocycles. The standard InChI is InChI=1S/C18H17F3I3NO6S/c19-18(20,21)32(28,29)25-1-2-30-16(26)11-4-9-3-8(11)5-14(9)31-17(27)12-6-10(22)7-13(23)15(12)24/h6-9,11,14,25H,1-5H2. The summed E-state index contributed by atoms with van der Waals surface area (Å²) in [7, 11) is -5.46. The van der Waals surface area contributed by atoms with Crippen molar-refractivity contribution in [2.75, 3.05) is 13.2 Å². The van der Waals surface area contributed by atoms with Crippen molar-refractivity contribution < 1.29 is 40.7 Å². The van der Waals surface area contributed by atoms with Crippen molar-refractivity contribution in [1.29, 1.82) is 0 Å². The highest BCUT2D eigenvalue weighted by Crippen LogP contribution is 2.50. The van der Waals surface area contributed by atoms with Gasteiger partial charge in [-0.1, -0.05) is 0 Å². The summed E-state index contributed by atoms with van der Waals surface area (Å²) in [6.45, 7) is -1.16. The van der Waals surface area contributed by atoms with Crippen LogP contribution in [0.15, 0.2) is 12.1 Å². The lowest BCUT2D eigenvalue weighted by atomic mass is 9.87. The number of benzene rings is 1. The van der Waals surface area contributed by atoms with Gasteiger partial charge in [-0.3, -0.25) is 4.79 Å². The molecule has 0 heterocycles. The van der Waals surface area contributed by atoms with E-state index in [1.165, 1.54) is 4.72 Å². The highest BCUT2D eigenvalue weighted by Gasteiger charge is 2.51. The van der Waals surface area contributed by atoms with Gasteiger partial charge in [0.2, 0.25) is 0 Å². The van der Waals surface area contributed by atoms with E-state index in [4.69, 9.17) is 9.47 Å². The van der Waals surface area contributed by atoms with Gasteiger partial charge >= 0.3 is 27.5 Å². The van der Waals surface area contributed by atoms with Crippen LogP contribution in [0.4, 0.5) is 13.2 Å². The van der Waals surface area contributed by atoms with Gasteiger partial charge in [-0.15, -0.1) is 0 Å². The lowest BCUT2D eigenvalue weighted by molar-refractivity contribution is -0.150. The first kappa shape index (κ1) is 26.7. The number of halogens is 6. The SMILES string of the molecule is O=C(OC1CC2CC1CC2C(=O)OCCNS(=O)(=O)C(F)(F)F)c1cc(I)cc(I)c1I. The zero-order chi connectivity index (χ0) is 23.8. The van der Waals surface area contributed by atoms with Crippen LogP contribution in [0, 0.1) is 28.5 Å². The molecule has 2 aliphatic rings. The first-order chi connectivity index (χ1) is 14.8. The molecule has 2 saturated carbocycles. The van der Waals surface area contributed by atoms with Gasteiger partial charge in [0.25, 0.3) is 0 Å². The van der Waals surface area contributed by atoms with E-state index in [1.807, 2.05) is 6.07 Å². The Morgan fingerprint density at radius 3 is 2.38 bits per heavy atom. The topological polar surface area (TPSA) is 98.8 Å². The van der Waals surface area contributed by atoms with Crippen LogP contribution in [-0.2, 0) is 24.3 Å². The molecule has 4 unspecified atom stereocenters. The molecule has 0 aliphatic heterocycles. The minimum atomic E-state index is -5.46. The third-order valence-corrected chi connectivity index (χ3v) is 10.4. The van der Waals surface area contributed by atoms with Crippen LogP contribution in [0.5, 0.6) is 0 Å². The number of fused-ring (bicyclic) bond motifs is 2. The Kier molecular flexibility index (Phi) is 8.62. The maximum Gasteiger partial charge on any atom is 0.511 e. The molecule has 0 saturated heterocycles. The van der Waals surface area contributed by atoms with Gasteiger partial charge in [-0.25, -0.2) is 17.9 Å². The van der Waals surface area contributed by atoms with Gasteiger partial charge in [0.05, 0.1) is 11.5 Å². The molecule has 4 atom stereocenters. The minimum Gasteiger partial charge on any atom is -0.464 e. The molecule has 3 rings (SSSR count). The van der Waals surface area contributed by atoms with Gasteiger partial charge in [0.15, 0.2) is 0 Å². The smallest absolute Gasteiger partial charge is 0.464 e. The van der Waals surface area contributed by atoms with Crippen molar-refractivity contribution in [1.82, 2.24) is 4.72 Å². The molecule has 2 bridgehead atoms. The van der Waals surface area contributed by atoms with E-state index in [1.54, 1.807) is 6.07 Å². The molecule has 0 spiro atoms. The summed E-state index contributed by atoms with van der Waals surface area (Å²) in [6.07, 6.45) is 1.35. The minimum absolute atomic E-state index is 0.00440. The predicted molar refractivity (Wildman–Crippen MR) is 132 cm³/mol. The summed E-state index contributed by atoms with van der Waals surface area (Å²) in [5.41, 5.74) is -4.91. The van der Waals surface area contributed by atoms with Gasteiger partial charge in [0.1, 0.15) is 12.7 Å². The van der Waals surface area contributed by atoms with Crippen LogP contribution in [0.25, 0.3) is 0 Å². The average molecular weight is 813 g/mol. The van der Waals surface area contributed by atoms with Crippen molar-refractivity contribution in [3.05, 3.63) is 28.4 Å². The summed E-state index contributed by atoms with van der Waals surface area (Å²) >= 11 is 6.40. The monoisotopic (exact) mass is 813 g/mol. The van der Waals surface area contributed by atoms with E-state index in [-0.39, 0.29) is 17.9 Å². The number of hydrogen-bond acceptors (Lipinski definition) is 6. The summed E-state index contributed by atoms with van der Waals surface area (Å²) in [6, 6.07) is 3.73. The maximum atomic E-state index is 12.7. The zero-order valence-corrected chi connectivity index (χ0v) is 23.4. The molecular formula is C18H17F3I3NO6S. The Hall–Kier alpha value is 0.0500. The molecule has 1 aromatic carbocycles. The Labute approximate surface area is 223 Å². The quantitative estimate of drug-likeness (QED) is 0.193. The van der Waals surface area contributed by atoms with E-state index in [0.717, 1.165) is 10.7 Å². The number of nitrogens with one attached hydrogen (secondary N) is 1. The summed E-state index contributed by atoms with van der Waals surface area (Å²) in [5, 5.41) is 0. The fraction of sp³-hybridized carbons (Fsp3) is 0.556. The second kappa shape index (κ2) is 10.3. The van der Waals surface area contributed by atoms with E-state index in [2.05, 4.69) is 67.8 Å². The summed E-state index contributed by atoms with van der Waals surface area (Å²) < 4.78 is 73.4. The van der Waals surface area contributed by atoms with Crippen molar-refractivity contribution in [2.45, 2.75) is 30.9 Å². The Morgan fingerprint density at radius 1 is 1.09 bits per heavy atom.